The zero-order valence-corrected chi connectivity index (χ0v) is 11.4. The van der Waals surface area contributed by atoms with Crippen LogP contribution in [0.25, 0.3) is 11.2 Å². The molecule has 2 aromatic rings. The van der Waals surface area contributed by atoms with Gasteiger partial charge in [0.1, 0.15) is 0 Å². The van der Waals surface area contributed by atoms with Gasteiger partial charge in [-0.15, -0.1) is 0 Å². The number of hydrogen-bond donors (Lipinski definition) is 1. The summed E-state index contributed by atoms with van der Waals surface area (Å²) in [5.74, 6) is 1.44. The van der Waals surface area contributed by atoms with E-state index in [-0.39, 0.29) is 5.76 Å². The van der Waals surface area contributed by atoms with E-state index in [4.69, 9.17) is 4.42 Å². The van der Waals surface area contributed by atoms with Crippen molar-refractivity contribution < 1.29 is 4.42 Å². The van der Waals surface area contributed by atoms with Gasteiger partial charge in [0.05, 0.1) is 0 Å². The lowest BCUT2D eigenvalue weighted by molar-refractivity contribution is 0.400. The van der Waals surface area contributed by atoms with Crippen molar-refractivity contribution in [2.75, 3.05) is 6.54 Å². The van der Waals surface area contributed by atoms with Crippen molar-refractivity contribution in [1.82, 2.24) is 14.9 Å². The van der Waals surface area contributed by atoms with Gasteiger partial charge in [0.2, 0.25) is 0 Å². The van der Waals surface area contributed by atoms with Crippen LogP contribution in [0, 0.1) is 11.8 Å². The number of nitrogens with one attached hydrogen (secondary N) is 1. The molecule has 1 N–H and O–H groups in total. The van der Waals surface area contributed by atoms with Gasteiger partial charge in [-0.2, -0.15) is 0 Å². The molecule has 5 nitrogen and oxygen atoms in total. The van der Waals surface area contributed by atoms with Crippen LogP contribution in [0.2, 0.25) is 0 Å². The Balaban J connectivity index is 1.45. The van der Waals surface area contributed by atoms with E-state index in [9.17, 15) is 4.79 Å². The molecule has 0 aliphatic heterocycles. The van der Waals surface area contributed by atoms with Crippen molar-refractivity contribution in [3.8, 4) is 0 Å². The van der Waals surface area contributed by atoms with Crippen LogP contribution in [0.4, 0.5) is 0 Å². The van der Waals surface area contributed by atoms with Gasteiger partial charge >= 0.3 is 5.76 Å². The van der Waals surface area contributed by atoms with Crippen LogP contribution in [0.3, 0.4) is 0 Å². The normalized spacial score (nSPS) is 19.1. The third kappa shape index (κ3) is 2.26. The predicted octanol–water partition coefficient (Wildman–Crippen LogP) is 1.77. The van der Waals surface area contributed by atoms with Crippen LogP contribution in [0.15, 0.2) is 27.5 Å². The molecule has 0 spiro atoms. The second-order valence-electron chi connectivity index (χ2n) is 6.00. The molecule has 4 rings (SSSR count). The Bertz CT molecular complexity index is 655. The Morgan fingerprint density at radius 1 is 1.35 bits per heavy atom. The van der Waals surface area contributed by atoms with Gasteiger partial charge in [0, 0.05) is 25.3 Å². The second-order valence-corrected chi connectivity index (χ2v) is 6.00. The first-order chi connectivity index (χ1) is 9.83. The summed E-state index contributed by atoms with van der Waals surface area (Å²) in [6.07, 6.45) is 7.15. The lowest BCUT2D eigenvalue weighted by Gasteiger charge is -2.17. The van der Waals surface area contributed by atoms with Crippen molar-refractivity contribution in [2.45, 2.75) is 38.3 Å². The Morgan fingerprint density at radius 3 is 2.80 bits per heavy atom. The monoisotopic (exact) mass is 273 g/mol. The smallest absolute Gasteiger partial charge is 0.406 e. The molecule has 0 saturated heterocycles. The second kappa shape index (κ2) is 4.74. The van der Waals surface area contributed by atoms with E-state index in [1.54, 1.807) is 22.9 Å². The third-order valence-corrected chi connectivity index (χ3v) is 4.40. The number of oxazole rings is 1. The molecule has 0 unspecified atom stereocenters. The SMILES string of the molecule is O=c1oc2cccnc2n1CCNC(C1CC1)C1CC1. The van der Waals surface area contributed by atoms with Crippen LogP contribution >= 0.6 is 0 Å². The summed E-state index contributed by atoms with van der Waals surface area (Å²) in [6, 6.07) is 4.23. The molecular weight excluding hydrogens is 254 g/mol. The highest BCUT2D eigenvalue weighted by Crippen LogP contribution is 2.44. The van der Waals surface area contributed by atoms with Gasteiger partial charge in [-0.05, 0) is 49.7 Å². The minimum absolute atomic E-state index is 0.310. The first kappa shape index (κ1) is 12.1. The minimum atomic E-state index is -0.310. The van der Waals surface area contributed by atoms with Gasteiger partial charge in [-0.1, -0.05) is 0 Å². The molecule has 2 aliphatic rings. The lowest BCUT2D eigenvalue weighted by atomic mass is 10.1. The molecule has 20 heavy (non-hydrogen) atoms. The first-order valence-corrected chi connectivity index (χ1v) is 7.50. The summed E-state index contributed by atoms with van der Waals surface area (Å²) in [5, 5.41) is 3.64. The fourth-order valence-electron chi connectivity index (χ4n) is 3.07. The Labute approximate surface area is 117 Å². The Hall–Kier alpha value is -1.62. The molecule has 5 heteroatoms. The van der Waals surface area contributed by atoms with Crippen LogP contribution in [0.5, 0.6) is 0 Å². The first-order valence-electron chi connectivity index (χ1n) is 7.50. The molecular formula is C15H19N3O2. The summed E-state index contributed by atoms with van der Waals surface area (Å²) in [4.78, 5) is 16.1. The van der Waals surface area contributed by atoms with Gasteiger partial charge in [-0.25, -0.2) is 9.78 Å². The molecule has 2 heterocycles. The maximum Gasteiger partial charge on any atom is 0.421 e. The fraction of sp³-hybridized carbons (Fsp3) is 0.600. The van der Waals surface area contributed by atoms with Gasteiger partial charge < -0.3 is 9.73 Å². The van der Waals surface area contributed by atoms with Crippen LogP contribution in [-0.4, -0.2) is 22.1 Å². The summed E-state index contributed by atoms with van der Waals surface area (Å²) in [7, 11) is 0. The highest BCUT2D eigenvalue weighted by atomic mass is 16.4. The number of aromatic nitrogens is 2. The van der Waals surface area contributed by atoms with Gasteiger partial charge in [-0.3, -0.25) is 4.57 Å². The summed E-state index contributed by atoms with van der Waals surface area (Å²) in [5.41, 5.74) is 1.21. The van der Waals surface area contributed by atoms with Crippen molar-refractivity contribution >= 4 is 11.2 Å². The van der Waals surface area contributed by atoms with E-state index in [1.165, 1.54) is 25.7 Å². The minimum Gasteiger partial charge on any atom is -0.406 e. The zero-order chi connectivity index (χ0) is 13.5. The number of fused-ring (bicyclic) bond motifs is 1. The van der Waals surface area contributed by atoms with E-state index in [2.05, 4.69) is 10.3 Å². The van der Waals surface area contributed by atoms with Crippen molar-refractivity contribution in [1.29, 1.82) is 0 Å². The molecule has 0 amide bonds. The zero-order valence-electron chi connectivity index (χ0n) is 11.4. The predicted molar refractivity (Wildman–Crippen MR) is 75.5 cm³/mol. The average molecular weight is 273 g/mol. The molecule has 0 bridgehead atoms. The van der Waals surface area contributed by atoms with E-state index in [0.29, 0.717) is 23.8 Å². The number of hydrogen-bond acceptors (Lipinski definition) is 4. The highest BCUT2D eigenvalue weighted by molar-refractivity contribution is 5.67. The van der Waals surface area contributed by atoms with E-state index in [1.807, 2.05) is 0 Å². The molecule has 2 fully saturated rings. The van der Waals surface area contributed by atoms with Crippen molar-refractivity contribution in [3.63, 3.8) is 0 Å². The van der Waals surface area contributed by atoms with Crippen LogP contribution < -0.4 is 11.1 Å². The van der Waals surface area contributed by atoms with E-state index in [0.717, 1.165) is 18.4 Å². The van der Waals surface area contributed by atoms with Crippen molar-refractivity contribution in [2.24, 2.45) is 11.8 Å². The highest BCUT2D eigenvalue weighted by Gasteiger charge is 2.40. The fourth-order valence-corrected chi connectivity index (χ4v) is 3.07. The number of rotatable bonds is 6. The Kier molecular flexibility index (Phi) is 2.88. The molecule has 0 atom stereocenters. The third-order valence-electron chi connectivity index (χ3n) is 4.40. The van der Waals surface area contributed by atoms with Crippen LogP contribution in [-0.2, 0) is 6.54 Å². The quantitative estimate of drug-likeness (QED) is 0.871. The van der Waals surface area contributed by atoms with Gasteiger partial charge in [0.15, 0.2) is 11.2 Å². The van der Waals surface area contributed by atoms with Gasteiger partial charge in [0.25, 0.3) is 0 Å². The maximum atomic E-state index is 11.8. The standard InChI is InChI=1S/C15H19N3O2/c19-15-18(14-12(20-15)2-1-7-17-14)9-8-16-13(10-3-4-10)11-5-6-11/h1-2,7,10-11,13,16H,3-6,8-9H2. The summed E-state index contributed by atoms with van der Waals surface area (Å²) < 4.78 is 6.82. The Morgan fingerprint density at radius 2 is 2.10 bits per heavy atom. The molecule has 2 saturated carbocycles. The molecule has 2 aliphatic carbocycles. The maximum absolute atomic E-state index is 11.8. The molecule has 106 valence electrons. The number of pyridine rings is 1. The molecule has 0 radical (unpaired) electrons. The largest absolute Gasteiger partial charge is 0.421 e. The van der Waals surface area contributed by atoms with E-state index < -0.39 is 0 Å². The number of nitrogens with zero attached hydrogens (tertiary/aromatic N) is 2. The van der Waals surface area contributed by atoms with Crippen molar-refractivity contribution in [3.05, 3.63) is 28.9 Å². The summed E-state index contributed by atoms with van der Waals surface area (Å²) in [6.45, 7) is 1.43. The molecule has 0 aromatic carbocycles. The summed E-state index contributed by atoms with van der Waals surface area (Å²) >= 11 is 0. The topological polar surface area (TPSA) is 60.1 Å². The average Bonchev–Trinajstić information content (AvgIpc) is 3.34. The lowest BCUT2D eigenvalue weighted by Crippen LogP contribution is -2.36. The molecule has 2 aromatic heterocycles. The van der Waals surface area contributed by atoms with E-state index >= 15 is 0 Å². The van der Waals surface area contributed by atoms with Crippen LogP contribution in [0.1, 0.15) is 25.7 Å².